The highest BCUT2D eigenvalue weighted by atomic mass is 79.9. The molecule has 4 heteroatoms. The SMILES string of the molecule is CC(O)c1cc(Br)ccc1N(C)CC1CCN(C)CC1. The quantitative estimate of drug-likeness (QED) is 0.911. The van der Waals surface area contributed by atoms with Gasteiger partial charge in [0.05, 0.1) is 6.10 Å². The van der Waals surface area contributed by atoms with Crippen molar-refractivity contribution in [1.82, 2.24) is 4.90 Å². The minimum atomic E-state index is -0.442. The Labute approximate surface area is 130 Å². The molecule has 0 amide bonds. The largest absolute Gasteiger partial charge is 0.389 e. The van der Waals surface area contributed by atoms with E-state index >= 15 is 0 Å². The summed E-state index contributed by atoms with van der Waals surface area (Å²) in [6.45, 7) is 5.29. The first-order valence-electron chi connectivity index (χ1n) is 7.34. The Morgan fingerprint density at radius 2 is 2.05 bits per heavy atom. The van der Waals surface area contributed by atoms with E-state index in [1.165, 1.54) is 25.9 Å². The van der Waals surface area contributed by atoms with E-state index in [1.807, 2.05) is 19.1 Å². The summed E-state index contributed by atoms with van der Waals surface area (Å²) < 4.78 is 1.02. The van der Waals surface area contributed by atoms with Gasteiger partial charge in [0.25, 0.3) is 0 Å². The topological polar surface area (TPSA) is 26.7 Å². The predicted octanol–water partition coefficient (Wildman–Crippen LogP) is 3.28. The zero-order chi connectivity index (χ0) is 14.7. The van der Waals surface area contributed by atoms with Gasteiger partial charge in [0, 0.05) is 29.3 Å². The molecule has 1 atom stereocenters. The van der Waals surface area contributed by atoms with Crippen molar-refractivity contribution in [2.75, 3.05) is 38.6 Å². The van der Waals surface area contributed by atoms with Crippen molar-refractivity contribution in [1.29, 1.82) is 0 Å². The summed E-state index contributed by atoms with van der Waals surface area (Å²) >= 11 is 3.48. The highest BCUT2D eigenvalue weighted by Gasteiger charge is 2.20. The molecule has 0 spiro atoms. The second kappa shape index (κ2) is 6.92. The monoisotopic (exact) mass is 340 g/mol. The normalized spacial score (nSPS) is 19.1. The van der Waals surface area contributed by atoms with E-state index in [0.717, 1.165) is 28.2 Å². The fraction of sp³-hybridized carbons (Fsp3) is 0.625. The van der Waals surface area contributed by atoms with Crippen molar-refractivity contribution < 1.29 is 5.11 Å². The molecule has 2 rings (SSSR count). The first-order valence-corrected chi connectivity index (χ1v) is 8.14. The van der Waals surface area contributed by atoms with Gasteiger partial charge < -0.3 is 14.9 Å². The molecule has 1 aromatic carbocycles. The molecule has 1 aliphatic heterocycles. The van der Waals surface area contributed by atoms with Gasteiger partial charge in [-0.25, -0.2) is 0 Å². The number of anilines is 1. The van der Waals surface area contributed by atoms with Crippen LogP contribution in [0, 0.1) is 5.92 Å². The lowest BCUT2D eigenvalue weighted by Crippen LogP contribution is -2.36. The molecule has 1 fully saturated rings. The summed E-state index contributed by atoms with van der Waals surface area (Å²) in [7, 11) is 4.33. The number of rotatable bonds is 4. The Hall–Kier alpha value is -0.580. The molecule has 0 aliphatic carbocycles. The molecule has 1 unspecified atom stereocenters. The Balaban J connectivity index is 2.07. The number of likely N-dealkylation sites (tertiary alicyclic amines) is 1. The van der Waals surface area contributed by atoms with Gasteiger partial charge >= 0.3 is 0 Å². The van der Waals surface area contributed by atoms with Crippen LogP contribution in [0.5, 0.6) is 0 Å². The highest BCUT2D eigenvalue weighted by Crippen LogP contribution is 2.30. The maximum Gasteiger partial charge on any atom is 0.0782 e. The number of hydrogen-bond acceptors (Lipinski definition) is 3. The van der Waals surface area contributed by atoms with Gasteiger partial charge in [0.15, 0.2) is 0 Å². The third-order valence-corrected chi connectivity index (χ3v) is 4.71. The molecule has 0 aromatic heterocycles. The standard InChI is InChI=1S/C16H25BrN2O/c1-12(20)15-10-14(17)4-5-16(15)19(3)11-13-6-8-18(2)9-7-13/h4-5,10,12-13,20H,6-9,11H2,1-3H3. The summed E-state index contributed by atoms with van der Waals surface area (Å²) in [6, 6.07) is 6.17. The number of benzene rings is 1. The van der Waals surface area contributed by atoms with Crippen LogP contribution in [0.25, 0.3) is 0 Å². The molecule has 0 saturated carbocycles. The fourth-order valence-electron chi connectivity index (χ4n) is 2.94. The molecule has 0 bridgehead atoms. The number of hydrogen-bond donors (Lipinski definition) is 1. The van der Waals surface area contributed by atoms with Gasteiger partial charge in [-0.3, -0.25) is 0 Å². The number of halogens is 1. The molecule has 1 N–H and O–H groups in total. The smallest absolute Gasteiger partial charge is 0.0782 e. The lowest BCUT2D eigenvalue weighted by Gasteiger charge is -2.33. The Bertz CT molecular complexity index is 442. The zero-order valence-corrected chi connectivity index (χ0v) is 14.2. The average molecular weight is 341 g/mol. The minimum absolute atomic E-state index is 0.442. The molecule has 1 heterocycles. The molecule has 1 aromatic rings. The van der Waals surface area contributed by atoms with E-state index in [-0.39, 0.29) is 0 Å². The molecule has 112 valence electrons. The minimum Gasteiger partial charge on any atom is -0.389 e. The summed E-state index contributed by atoms with van der Waals surface area (Å²) in [5.41, 5.74) is 2.14. The average Bonchev–Trinajstić information content (AvgIpc) is 2.41. The molecule has 1 saturated heterocycles. The van der Waals surface area contributed by atoms with Crippen molar-refractivity contribution in [3.8, 4) is 0 Å². The van der Waals surface area contributed by atoms with E-state index in [2.05, 4.69) is 45.9 Å². The van der Waals surface area contributed by atoms with E-state index in [4.69, 9.17) is 0 Å². The molecule has 0 radical (unpaired) electrons. The number of aliphatic hydroxyl groups is 1. The third-order valence-electron chi connectivity index (χ3n) is 4.22. The van der Waals surface area contributed by atoms with Gasteiger partial charge in [-0.15, -0.1) is 0 Å². The highest BCUT2D eigenvalue weighted by molar-refractivity contribution is 9.10. The van der Waals surface area contributed by atoms with E-state index in [1.54, 1.807) is 0 Å². The van der Waals surface area contributed by atoms with Gasteiger partial charge in [-0.2, -0.15) is 0 Å². The zero-order valence-electron chi connectivity index (χ0n) is 12.6. The van der Waals surface area contributed by atoms with Crippen molar-refractivity contribution >= 4 is 21.6 Å². The second-order valence-corrected chi connectivity index (χ2v) is 6.92. The van der Waals surface area contributed by atoms with Crippen LogP contribution in [0.2, 0.25) is 0 Å². The summed E-state index contributed by atoms with van der Waals surface area (Å²) in [5, 5.41) is 9.96. The van der Waals surface area contributed by atoms with Crippen LogP contribution in [-0.4, -0.2) is 43.7 Å². The first-order chi connectivity index (χ1) is 9.47. The number of nitrogens with zero attached hydrogens (tertiary/aromatic N) is 2. The van der Waals surface area contributed by atoms with E-state index in [0.29, 0.717) is 0 Å². The maximum atomic E-state index is 9.96. The molecular formula is C16H25BrN2O. The van der Waals surface area contributed by atoms with Crippen molar-refractivity contribution in [3.63, 3.8) is 0 Å². The van der Waals surface area contributed by atoms with Crippen LogP contribution in [0.3, 0.4) is 0 Å². The van der Waals surface area contributed by atoms with Crippen LogP contribution in [0.15, 0.2) is 22.7 Å². The predicted molar refractivity (Wildman–Crippen MR) is 88.3 cm³/mol. The van der Waals surface area contributed by atoms with E-state index < -0.39 is 6.10 Å². The van der Waals surface area contributed by atoms with Gasteiger partial charge in [0.1, 0.15) is 0 Å². The molecule has 1 aliphatic rings. The van der Waals surface area contributed by atoms with Crippen molar-refractivity contribution in [2.24, 2.45) is 5.92 Å². The molecule has 20 heavy (non-hydrogen) atoms. The van der Waals surface area contributed by atoms with Crippen LogP contribution < -0.4 is 4.90 Å². The third kappa shape index (κ3) is 3.96. The van der Waals surface area contributed by atoms with Gasteiger partial charge in [-0.1, -0.05) is 15.9 Å². The Morgan fingerprint density at radius 3 is 2.65 bits per heavy atom. The number of piperidine rings is 1. The Morgan fingerprint density at radius 1 is 1.40 bits per heavy atom. The summed E-state index contributed by atoms with van der Waals surface area (Å²) in [4.78, 5) is 4.70. The molecule has 3 nitrogen and oxygen atoms in total. The van der Waals surface area contributed by atoms with Crippen LogP contribution >= 0.6 is 15.9 Å². The van der Waals surface area contributed by atoms with E-state index in [9.17, 15) is 5.11 Å². The second-order valence-electron chi connectivity index (χ2n) is 6.01. The first kappa shape index (κ1) is 15.8. The van der Waals surface area contributed by atoms with Crippen molar-refractivity contribution in [2.45, 2.75) is 25.9 Å². The Kier molecular flexibility index (Phi) is 5.47. The lowest BCUT2D eigenvalue weighted by molar-refractivity contribution is 0.199. The summed E-state index contributed by atoms with van der Waals surface area (Å²) in [6.07, 6.45) is 2.09. The summed E-state index contributed by atoms with van der Waals surface area (Å²) in [5.74, 6) is 0.752. The van der Waals surface area contributed by atoms with Crippen LogP contribution in [-0.2, 0) is 0 Å². The van der Waals surface area contributed by atoms with Gasteiger partial charge in [-0.05, 0) is 64.0 Å². The number of aliphatic hydroxyl groups excluding tert-OH is 1. The van der Waals surface area contributed by atoms with Crippen LogP contribution in [0.1, 0.15) is 31.4 Å². The maximum absolute atomic E-state index is 9.96. The van der Waals surface area contributed by atoms with Crippen LogP contribution in [0.4, 0.5) is 5.69 Å². The molecular weight excluding hydrogens is 316 g/mol. The fourth-order valence-corrected chi connectivity index (χ4v) is 3.32. The lowest BCUT2D eigenvalue weighted by atomic mass is 9.96. The van der Waals surface area contributed by atoms with Gasteiger partial charge in [0.2, 0.25) is 0 Å². The van der Waals surface area contributed by atoms with Crippen molar-refractivity contribution in [3.05, 3.63) is 28.2 Å².